The molecule has 0 fully saturated rings. The molecule has 0 atom stereocenters. The number of amides is 1. The zero-order chi connectivity index (χ0) is 11.8. The molecule has 0 saturated carbocycles. The van der Waals surface area contributed by atoms with Crippen molar-refractivity contribution in [2.75, 3.05) is 13.2 Å². The van der Waals surface area contributed by atoms with Gasteiger partial charge in [-0.15, -0.1) is 0 Å². The second-order valence-corrected chi connectivity index (χ2v) is 4.39. The third-order valence-electron chi connectivity index (χ3n) is 2.00. The van der Waals surface area contributed by atoms with Crippen LogP contribution in [0.2, 0.25) is 0 Å². The number of rotatable bonds is 6. The maximum Gasteiger partial charge on any atom is 1.00 e. The minimum atomic E-state index is -0.00355. The largest absolute Gasteiger partial charge is 1.00 e. The van der Waals surface area contributed by atoms with Crippen molar-refractivity contribution in [2.24, 2.45) is 0 Å². The first-order valence-corrected chi connectivity index (χ1v) is 6.12. The molecule has 0 spiro atoms. The SMILES string of the molecule is CCN(I)C(=O)[CH-]COCc1ccccc1.[Ru+]. The molecule has 0 bridgehead atoms. The number of nitrogens with zero attached hydrogens (tertiary/aromatic N) is 1. The predicted molar refractivity (Wildman–Crippen MR) is 71.8 cm³/mol. The molecule has 0 aliphatic heterocycles. The topological polar surface area (TPSA) is 29.5 Å². The molecule has 1 amide bonds. The molecule has 0 aliphatic rings. The van der Waals surface area contributed by atoms with E-state index in [2.05, 4.69) is 0 Å². The van der Waals surface area contributed by atoms with E-state index in [1.165, 1.54) is 0 Å². The number of carbonyl (C=O) groups excluding carboxylic acids is 1. The summed E-state index contributed by atoms with van der Waals surface area (Å²) >= 11 is 1.99. The van der Waals surface area contributed by atoms with Gasteiger partial charge >= 0.3 is 19.5 Å². The van der Waals surface area contributed by atoms with Crippen LogP contribution in [0.3, 0.4) is 0 Å². The van der Waals surface area contributed by atoms with E-state index in [1.807, 2.05) is 60.1 Å². The number of ether oxygens (including phenoxy) is 1. The second-order valence-electron chi connectivity index (χ2n) is 3.22. The predicted octanol–water partition coefficient (Wildman–Crippen LogP) is 2.60. The summed E-state index contributed by atoms with van der Waals surface area (Å²) in [4.78, 5) is 11.4. The smallest absolute Gasteiger partial charge is 0.406 e. The van der Waals surface area contributed by atoms with Gasteiger partial charge in [-0.05, 0) is 12.5 Å². The van der Waals surface area contributed by atoms with Crippen LogP contribution >= 0.6 is 22.9 Å². The van der Waals surface area contributed by atoms with Crippen LogP contribution in [-0.4, -0.2) is 22.2 Å². The first-order chi connectivity index (χ1) is 7.74. The summed E-state index contributed by atoms with van der Waals surface area (Å²) in [5, 5.41) is 0. The average Bonchev–Trinajstić information content (AvgIpc) is 2.34. The van der Waals surface area contributed by atoms with Crippen molar-refractivity contribution >= 4 is 28.8 Å². The molecule has 17 heavy (non-hydrogen) atoms. The first kappa shape index (κ1) is 16.9. The molecule has 1 rings (SSSR count). The Morgan fingerprint density at radius 3 is 2.65 bits per heavy atom. The second kappa shape index (κ2) is 9.86. The molecule has 1 aromatic rings. The van der Waals surface area contributed by atoms with Crippen LogP contribution in [0.1, 0.15) is 12.5 Å². The van der Waals surface area contributed by atoms with Crippen LogP contribution in [0.25, 0.3) is 0 Å². The van der Waals surface area contributed by atoms with Crippen LogP contribution in [-0.2, 0) is 35.6 Å². The fourth-order valence-corrected chi connectivity index (χ4v) is 1.33. The van der Waals surface area contributed by atoms with Crippen LogP contribution in [0.15, 0.2) is 30.3 Å². The molecule has 0 heterocycles. The number of halogens is 1. The van der Waals surface area contributed by atoms with Gasteiger partial charge in [-0.1, -0.05) is 36.9 Å². The van der Waals surface area contributed by atoms with Crippen LogP contribution in [0.4, 0.5) is 0 Å². The molecule has 0 aromatic heterocycles. The molecule has 0 unspecified atom stereocenters. The summed E-state index contributed by atoms with van der Waals surface area (Å²) in [7, 11) is 0. The zero-order valence-corrected chi connectivity index (χ0v) is 13.5. The Morgan fingerprint density at radius 1 is 1.41 bits per heavy atom. The Kier molecular flexibility index (Phi) is 9.78. The van der Waals surface area contributed by atoms with Gasteiger partial charge < -0.3 is 12.6 Å². The Balaban J connectivity index is 0.00000256. The van der Waals surface area contributed by atoms with E-state index >= 15 is 0 Å². The summed E-state index contributed by atoms with van der Waals surface area (Å²) in [6.45, 7) is 3.53. The van der Waals surface area contributed by atoms with E-state index in [-0.39, 0.29) is 25.4 Å². The molecule has 0 saturated heterocycles. The van der Waals surface area contributed by atoms with Crippen molar-refractivity contribution in [1.29, 1.82) is 0 Å². The Hall–Kier alpha value is -0.127. The summed E-state index contributed by atoms with van der Waals surface area (Å²) < 4.78 is 6.99. The Labute approximate surface area is 129 Å². The van der Waals surface area contributed by atoms with Crippen LogP contribution in [0, 0.1) is 6.42 Å². The van der Waals surface area contributed by atoms with E-state index in [9.17, 15) is 4.79 Å². The molecular formula is C12H15INO2Ru. The monoisotopic (exact) mass is 434 g/mol. The van der Waals surface area contributed by atoms with Crippen molar-refractivity contribution in [3.63, 3.8) is 0 Å². The van der Waals surface area contributed by atoms with Gasteiger partial charge in [0.1, 0.15) is 0 Å². The normalized spacial score (nSPS) is 9.29. The third-order valence-corrected chi connectivity index (χ3v) is 3.16. The van der Waals surface area contributed by atoms with Gasteiger partial charge in [-0.2, -0.15) is 0 Å². The van der Waals surface area contributed by atoms with E-state index < -0.39 is 0 Å². The number of benzene rings is 1. The number of carbonyl (C=O) groups is 1. The summed E-state index contributed by atoms with van der Waals surface area (Å²) in [5.41, 5.74) is 1.12. The average molecular weight is 433 g/mol. The third kappa shape index (κ3) is 7.01. The van der Waals surface area contributed by atoms with Crippen molar-refractivity contribution in [2.45, 2.75) is 13.5 Å². The summed E-state index contributed by atoms with van der Waals surface area (Å²) in [5.74, 6) is -0.00355. The van der Waals surface area contributed by atoms with Crippen molar-refractivity contribution in [3.8, 4) is 0 Å². The van der Waals surface area contributed by atoms with Gasteiger partial charge in [0.2, 0.25) is 0 Å². The Morgan fingerprint density at radius 2 is 2.06 bits per heavy atom. The zero-order valence-electron chi connectivity index (χ0n) is 9.58. The molecule has 3 nitrogen and oxygen atoms in total. The minimum Gasteiger partial charge on any atom is -0.406 e. The van der Waals surface area contributed by atoms with Gasteiger partial charge in [0.05, 0.1) is 35.4 Å². The molecule has 1 radical (unpaired) electrons. The summed E-state index contributed by atoms with van der Waals surface area (Å²) in [6.07, 6.45) is 1.55. The van der Waals surface area contributed by atoms with Gasteiger partial charge in [-0.3, -0.25) is 6.42 Å². The van der Waals surface area contributed by atoms with Crippen LogP contribution < -0.4 is 0 Å². The van der Waals surface area contributed by atoms with Crippen molar-refractivity contribution in [1.82, 2.24) is 3.11 Å². The van der Waals surface area contributed by atoms with Crippen molar-refractivity contribution < 1.29 is 29.0 Å². The van der Waals surface area contributed by atoms with Crippen LogP contribution in [0.5, 0.6) is 0 Å². The van der Waals surface area contributed by atoms with E-state index in [1.54, 1.807) is 9.53 Å². The van der Waals surface area contributed by atoms with Crippen molar-refractivity contribution in [3.05, 3.63) is 42.3 Å². The molecule has 0 N–H and O–H groups in total. The maximum atomic E-state index is 11.4. The maximum absolute atomic E-state index is 11.4. The quantitative estimate of drug-likeness (QED) is 0.227. The molecule has 1 aromatic carbocycles. The molecule has 0 aliphatic carbocycles. The standard InChI is InChI=1S/C12H15INO2.Ru/c1-2-14(13)12(15)8-9-16-10-11-6-4-3-5-7-11;/h3-8H,2,9-10H2,1H3;/q-1;+1. The van der Waals surface area contributed by atoms with Gasteiger partial charge in [-0.25, -0.2) is 0 Å². The van der Waals surface area contributed by atoms with Gasteiger partial charge in [0.25, 0.3) is 0 Å². The Bertz CT molecular complexity index is 322. The summed E-state index contributed by atoms with van der Waals surface area (Å²) in [6, 6.07) is 9.90. The minimum absolute atomic E-state index is 0. The van der Waals surface area contributed by atoms with Gasteiger partial charge in [0, 0.05) is 6.54 Å². The number of hydrogen-bond donors (Lipinski definition) is 0. The fourth-order valence-electron chi connectivity index (χ4n) is 1.14. The number of hydrogen-bond acceptors (Lipinski definition) is 2. The van der Waals surface area contributed by atoms with E-state index in [4.69, 9.17) is 4.74 Å². The molecular weight excluding hydrogens is 418 g/mol. The fraction of sp³-hybridized carbons (Fsp3) is 0.333. The van der Waals surface area contributed by atoms with E-state index in [0.29, 0.717) is 19.8 Å². The first-order valence-electron chi connectivity index (χ1n) is 5.16. The van der Waals surface area contributed by atoms with E-state index in [0.717, 1.165) is 5.56 Å². The molecule has 95 valence electrons. The van der Waals surface area contributed by atoms with Gasteiger partial charge in [0.15, 0.2) is 0 Å². The molecule has 5 heteroatoms.